The van der Waals surface area contributed by atoms with Crippen LogP contribution in [-0.2, 0) is 9.53 Å². The van der Waals surface area contributed by atoms with Crippen LogP contribution in [0, 0.1) is 6.92 Å². The molecule has 7 nitrogen and oxygen atoms in total. The Morgan fingerprint density at radius 3 is 2.96 bits per heavy atom. The van der Waals surface area contributed by atoms with E-state index in [0.29, 0.717) is 41.1 Å². The molecule has 2 atom stereocenters. The van der Waals surface area contributed by atoms with E-state index in [9.17, 15) is 4.79 Å². The molecule has 0 bridgehead atoms. The molecular weight excluding hydrogens is 358 g/mol. The number of carbonyl (C=O) groups is 1. The molecule has 1 saturated heterocycles. The van der Waals surface area contributed by atoms with Gasteiger partial charge in [0.25, 0.3) is 5.91 Å². The minimum Gasteiger partial charge on any atom is -0.488 e. The normalized spacial score (nSPS) is 22.0. The van der Waals surface area contributed by atoms with Crippen LogP contribution in [0.5, 0.6) is 5.75 Å². The van der Waals surface area contributed by atoms with Crippen molar-refractivity contribution >= 4 is 23.6 Å². The zero-order valence-electron chi connectivity index (χ0n) is 14.4. The largest absolute Gasteiger partial charge is 0.488 e. The smallest absolute Gasteiger partial charge is 0.254 e. The highest BCUT2D eigenvalue weighted by Gasteiger charge is 2.40. The number of amides is 1. The molecule has 1 aromatic heterocycles. The first-order chi connectivity index (χ1) is 12.5. The van der Waals surface area contributed by atoms with Gasteiger partial charge in [-0.15, -0.1) is 10.2 Å². The van der Waals surface area contributed by atoms with Gasteiger partial charge in [0.05, 0.1) is 11.7 Å². The molecule has 1 fully saturated rings. The number of nitrogens with zero attached hydrogens (tertiary/aromatic N) is 3. The third-order valence-electron chi connectivity index (χ3n) is 4.64. The fourth-order valence-electron chi connectivity index (χ4n) is 3.33. The Morgan fingerprint density at radius 2 is 2.23 bits per heavy atom. The number of hydrogen-bond acceptors (Lipinski definition) is 6. The van der Waals surface area contributed by atoms with E-state index in [1.807, 2.05) is 6.08 Å². The number of rotatable bonds is 3. The Labute approximate surface area is 155 Å². The topological polar surface area (TPSA) is 77.7 Å². The summed E-state index contributed by atoms with van der Waals surface area (Å²) in [7, 11) is 1.63. The molecule has 0 N–H and O–H groups in total. The fraction of sp³-hybridized carbons (Fsp3) is 0.389. The molecule has 0 spiro atoms. The molecule has 3 heterocycles. The molecule has 0 saturated carbocycles. The number of ether oxygens (including phenoxy) is 2. The number of fused-ring (bicyclic) bond motifs is 1. The maximum absolute atomic E-state index is 13.1. The predicted molar refractivity (Wildman–Crippen MR) is 93.8 cm³/mol. The van der Waals surface area contributed by atoms with Crippen LogP contribution in [0.1, 0.15) is 29.8 Å². The standard InChI is InChI=1S/C18H18ClN3O4/c1-10-20-21-17(26-10)15-7-14(24-2)8-22(15)18(23)12-5-11-6-13(19)3-4-16(11)25-9-12/h3-6,14-15H,7-9H2,1-2H3/t14-,15+/m0/s1. The van der Waals surface area contributed by atoms with Crippen molar-refractivity contribution in [3.8, 4) is 5.75 Å². The van der Waals surface area contributed by atoms with Gasteiger partial charge in [0, 0.05) is 37.6 Å². The molecule has 8 heteroatoms. The van der Waals surface area contributed by atoms with E-state index >= 15 is 0 Å². The highest BCUT2D eigenvalue weighted by atomic mass is 35.5. The van der Waals surface area contributed by atoms with Crippen molar-refractivity contribution in [1.29, 1.82) is 0 Å². The lowest BCUT2D eigenvalue weighted by atomic mass is 10.1. The van der Waals surface area contributed by atoms with Gasteiger partial charge in [-0.05, 0) is 24.3 Å². The van der Waals surface area contributed by atoms with E-state index < -0.39 is 0 Å². The van der Waals surface area contributed by atoms with Crippen molar-refractivity contribution in [1.82, 2.24) is 15.1 Å². The zero-order chi connectivity index (χ0) is 18.3. The Kier molecular flexibility index (Phi) is 4.42. The van der Waals surface area contributed by atoms with E-state index in [4.69, 9.17) is 25.5 Å². The van der Waals surface area contributed by atoms with E-state index in [1.165, 1.54) is 0 Å². The van der Waals surface area contributed by atoms with Gasteiger partial charge >= 0.3 is 0 Å². The van der Waals surface area contributed by atoms with Crippen molar-refractivity contribution in [2.45, 2.75) is 25.5 Å². The number of hydrogen-bond donors (Lipinski definition) is 0. The summed E-state index contributed by atoms with van der Waals surface area (Å²) >= 11 is 6.05. The zero-order valence-corrected chi connectivity index (χ0v) is 15.2. The molecule has 26 heavy (non-hydrogen) atoms. The summed E-state index contributed by atoms with van der Waals surface area (Å²) in [5.41, 5.74) is 1.34. The monoisotopic (exact) mass is 375 g/mol. The maximum atomic E-state index is 13.1. The van der Waals surface area contributed by atoms with Crippen molar-refractivity contribution in [2.75, 3.05) is 20.3 Å². The van der Waals surface area contributed by atoms with Crippen LogP contribution in [0.2, 0.25) is 5.02 Å². The molecule has 136 valence electrons. The lowest BCUT2D eigenvalue weighted by Gasteiger charge is -2.25. The summed E-state index contributed by atoms with van der Waals surface area (Å²) < 4.78 is 16.7. The number of carbonyl (C=O) groups excluding carboxylic acids is 1. The van der Waals surface area contributed by atoms with Gasteiger partial charge in [0.1, 0.15) is 18.4 Å². The second kappa shape index (κ2) is 6.74. The first kappa shape index (κ1) is 17.1. The highest BCUT2D eigenvalue weighted by Crippen LogP contribution is 2.35. The minimum absolute atomic E-state index is 0.0806. The van der Waals surface area contributed by atoms with E-state index in [1.54, 1.807) is 37.1 Å². The van der Waals surface area contributed by atoms with Crippen LogP contribution in [0.15, 0.2) is 28.2 Å². The molecular formula is C18H18ClN3O4. The van der Waals surface area contributed by atoms with Crippen LogP contribution in [0.25, 0.3) is 6.08 Å². The molecule has 1 amide bonds. The number of aryl methyl sites for hydroxylation is 1. The van der Waals surface area contributed by atoms with Gasteiger partial charge in [-0.25, -0.2) is 0 Å². The fourth-order valence-corrected chi connectivity index (χ4v) is 3.51. The van der Waals surface area contributed by atoms with E-state index in [0.717, 1.165) is 5.56 Å². The van der Waals surface area contributed by atoms with Gasteiger partial charge in [-0.1, -0.05) is 11.6 Å². The number of methoxy groups -OCH3 is 1. The van der Waals surface area contributed by atoms with Crippen molar-refractivity contribution < 1.29 is 18.7 Å². The lowest BCUT2D eigenvalue weighted by molar-refractivity contribution is -0.129. The van der Waals surface area contributed by atoms with Crippen LogP contribution in [-0.4, -0.2) is 47.4 Å². The molecule has 4 rings (SSSR count). The average molecular weight is 376 g/mol. The lowest BCUT2D eigenvalue weighted by Crippen LogP contribution is -2.35. The molecule has 2 aliphatic heterocycles. The van der Waals surface area contributed by atoms with Gasteiger partial charge in [0.15, 0.2) is 0 Å². The van der Waals surface area contributed by atoms with Gasteiger partial charge in [-0.3, -0.25) is 4.79 Å². The summed E-state index contributed by atoms with van der Waals surface area (Å²) in [6.07, 6.45) is 2.35. The van der Waals surface area contributed by atoms with Gasteiger partial charge in [-0.2, -0.15) is 0 Å². The predicted octanol–water partition coefficient (Wildman–Crippen LogP) is 2.80. The summed E-state index contributed by atoms with van der Waals surface area (Å²) in [5.74, 6) is 1.48. The number of benzene rings is 1. The number of halogens is 1. The summed E-state index contributed by atoms with van der Waals surface area (Å²) in [6, 6.07) is 5.04. The first-order valence-electron chi connectivity index (χ1n) is 8.32. The Balaban J connectivity index is 1.63. The molecule has 0 aliphatic carbocycles. The van der Waals surface area contributed by atoms with E-state index in [2.05, 4.69) is 10.2 Å². The van der Waals surface area contributed by atoms with Crippen molar-refractivity contribution in [3.63, 3.8) is 0 Å². The molecule has 1 aromatic carbocycles. The van der Waals surface area contributed by atoms with Crippen LogP contribution in [0.4, 0.5) is 0 Å². The molecule has 2 aromatic rings. The SMILES string of the molecule is CO[C@H]1C[C@H](c2nnc(C)o2)N(C(=O)C2=Cc3cc(Cl)ccc3OC2)C1. The summed E-state index contributed by atoms with van der Waals surface area (Å²) in [6.45, 7) is 2.39. The van der Waals surface area contributed by atoms with Crippen LogP contribution in [0.3, 0.4) is 0 Å². The van der Waals surface area contributed by atoms with E-state index in [-0.39, 0.29) is 24.7 Å². The maximum Gasteiger partial charge on any atom is 0.254 e. The molecule has 2 aliphatic rings. The Morgan fingerprint density at radius 1 is 1.38 bits per heavy atom. The van der Waals surface area contributed by atoms with Crippen LogP contribution < -0.4 is 4.74 Å². The summed E-state index contributed by atoms with van der Waals surface area (Å²) in [5, 5.41) is 8.56. The number of likely N-dealkylation sites (tertiary alicyclic amines) is 1. The van der Waals surface area contributed by atoms with Gasteiger partial charge in [0.2, 0.25) is 11.8 Å². The number of aromatic nitrogens is 2. The highest BCUT2D eigenvalue weighted by molar-refractivity contribution is 6.30. The molecule has 0 unspecified atom stereocenters. The van der Waals surface area contributed by atoms with Crippen LogP contribution >= 0.6 is 11.6 Å². The van der Waals surface area contributed by atoms with Gasteiger partial charge < -0.3 is 18.8 Å². The minimum atomic E-state index is -0.310. The Hall–Kier alpha value is -2.38. The first-order valence-corrected chi connectivity index (χ1v) is 8.69. The quantitative estimate of drug-likeness (QED) is 0.820. The van der Waals surface area contributed by atoms with Crippen molar-refractivity contribution in [2.24, 2.45) is 0 Å². The summed E-state index contributed by atoms with van der Waals surface area (Å²) in [4.78, 5) is 14.9. The second-order valence-electron chi connectivity index (χ2n) is 6.37. The molecule has 0 radical (unpaired) electrons. The third-order valence-corrected chi connectivity index (χ3v) is 4.88. The second-order valence-corrected chi connectivity index (χ2v) is 6.80. The Bertz CT molecular complexity index is 879. The van der Waals surface area contributed by atoms with Crippen molar-refractivity contribution in [3.05, 3.63) is 46.1 Å². The average Bonchev–Trinajstić information content (AvgIpc) is 3.26. The third kappa shape index (κ3) is 3.08.